The highest BCUT2D eigenvalue weighted by molar-refractivity contribution is 8.00. The molecule has 7 heteroatoms. The first-order valence-corrected chi connectivity index (χ1v) is 10.1. The molecular formula is C22H23N3O3S. The summed E-state index contributed by atoms with van der Waals surface area (Å²) in [5.41, 5.74) is 2.77. The highest BCUT2D eigenvalue weighted by Gasteiger charge is 2.18. The van der Waals surface area contributed by atoms with Crippen LogP contribution in [0.4, 0.5) is 5.69 Å². The lowest BCUT2D eigenvalue weighted by atomic mass is 10.1. The first-order valence-electron chi connectivity index (χ1n) is 9.22. The molecule has 150 valence electrons. The van der Waals surface area contributed by atoms with Gasteiger partial charge in [-0.25, -0.2) is 4.98 Å². The van der Waals surface area contributed by atoms with Gasteiger partial charge in [0.25, 0.3) is 5.56 Å². The molecule has 1 aromatic heterocycles. The van der Waals surface area contributed by atoms with E-state index in [2.05, 4.69) is 15.3 Å². The van der Waals surface area contributed by atoms with Crippen molar-refractivity contribution in [2.75, 3.05) is 12.4 Å². The highest BCUT2D eigenvalue weighted by Crippen LogP contribution is 2.26. The van der Waals surface area contributed by atoms with Crippen molar-refractivity contribution >= 4 is 23.4 Å². The number of anilines is 1. The number of nitrogens with one attached hydrogen (secondary N) is 2. The third-order valence-electron chi connectivity index (χ3n) is 4.45. The predicted molar refractivity (Wildman–Crippen MR) is 116 cm³/mol. The number of thioether (sulfide) groups is 1. The number of carbonyl (C=O) groups excluding carboxylic acids is 1. The van der Waals surface area contributed by atoms with Gasteiger partial charge in [0, 0.05) is 17.7 Å². The summed E-state index contributed by atoms with van der Waals surface area (Å²) < 4.78 is 5.26. The van der Waals surface area contributed by atoms with E-state index in [9.17, 15) is 9.59 Å². The third-order valence-corrected chi connectivity index (χ3v) is 5.43. The van der Waals surface area contributed by atoms with E-state index in [-0.39, 0.29) is 11.5 Å². The molecule has 2 aromatic carbocycles. The van der Waals surface area contributed by atoms with Gasteiger partial charge in [-0.2, -0.15) is 0 Å². The Bertz CT molecular complexity index is 1050. The first-order chi connectivity index (χ1) is 14.0. The van der Waals surface area contributed by atoms with Crippen LogP contribution in [-0.4, -0.2) is 28.2 Å². The van der Waals surface area contributed by atoms with E-state index in [4.69, 9.17) is 4.74 Å². The maximum Gasteiger partial charge on any atom is 0.255 e. The van der Waals surface area contributed by atoms with Crippen LogP contribution in [0.1, 0.15) is 23.7 Å². The number of aromatic nitrogens is 2. The Morgan fingerprint density at radius 2 is 1.86 bits per heavy atom. The molecule has 0 bridgehead atoms. The molecule has 0 aliphatic heterocycles. The van der Waals surface area contributed by atoms with Gasteiger partial charge >= 0.3 is 0 Å². The normalized spacial score (nSPS) is 11.7. The number of hydrogen-bond donors (Lipinski definition) is 2. The monoisotopic (exact) mass is 409 g/mol. The first kappa shape index (κ1) is 20.7. The van der Waals surface area contributed by atoms with E-state index in [0.717, 1.165) is 5.56 Å². The smallest absolute Gasteiger partial charge is 0.255 e. The molecule has 0 radical (unpaired) electrons. The maximum absolute atomic E-state index is 12.6. The van der Waals surface area contributed by atoms with Crippen molar-refractivity contribution in [1.29, 1.82) is 0 Å². The Morgan fingerprint density at radius 1 is 1.17 bits per heavy atom. The van der Waals surface area contributed by atoms with Gasteiger partial charge in [0.05, 0.1) is 18.0 Å². The summed E-state index contributed by atoms with van der Waals surface area (Å²) in [6, 6.07) is 17.0. The minimum absolute atomic E-state index is 0.179. The number of ether oxygens (including phenoxy) is 1. The van der Waals surface area contributed by atoms with Crippen LogP contribution >= 0.6 is 11.8 Å². The van der Waals surface area contributed by atoms with Crippen molar-refractivity contribution in [3.05, 3.63) is 81.8 Å². The topological polar surface area (TPSA) is 84.1 Å². The summed E-state index contributed by atoms with van der Waals surface area (Å²) in [6.45, 7) is 3.58. The second-order valence-corrected chi connectivity index (χ2v) is 7.88. The summed E-state index contributed by atoms with van der Waals surface area (Å²) in [7, 11) is 1.55. The van der Waals surface area contributed by atoms with Crippen LogP contribution in [0, 0.1) is 6.92 Å². The van der Waals surface area contributed by atoms with Gasteiger partial charge in [-0.1, -0.05) is 54.2 Å². The molecule has 1 amide bonds. The lowest BCUT2D eigenvalue weighted by Gasteiger charge is -2.14. The number of rotatable bonds is 7. The number of para-hydroxylation sites is 2. The van der Waals surface area contributed by atoms with Gasteiger partial charge in [-0.15, -0.1) is 0 Å². The van der Waals surface area contributed by atoms with E-state index in [1.54, 1.807) is 26.2 Å². The Hall–Kier alpha value is -3.06. The van der Waals surface area contributed by atoms with E-state index >= 15 is 0 Å². The molecule has 3 rings (SSSR count). The number of aryl methyl sites for hydroxylation is 1. The average Bonchev–Trinajstić information content (AvgIpc) is 2.72. The Labute approximate surface area is 173 Å². The van der Waals surface area contributed by atoms with Crippen LogP contribution in [0.5, 0.6) is 5.75 Å². The summed E-state index contributed by atoms with van der Waals surface area (Å²) in [4.78, 5) is 32.4. The predicted octanol–water partition coefficient (Wildman–Crippen LogP) is 3.80. The van der Waals surface area contributed by atoms with Crippen LogP contribution < -0.4 is 15.6 Å². The van der Waals surface area contributed by atoms with E-state index in [1.165, 1.54) is 11.8 Å². The van der Waals surface area contributed by atoms with Crippen molar-refractivity contribution < 1.29 is 9.53 Å². The number of H-pyrrole nitrogens is 1. The van der Waals surface area contributed by atoms with Gasteiger partial charge in [0.2, 0.25) is 5.91 Å². The van der Waals surface area contributed by atoms with Gasteiger partial charge in [0.15, 0.2) is 5.16 Å². The second kappa shape index (κ2) is 9.43. The molecule has 1 heterocycles. The van der Waals surface area contributed by atoms with Gasteiger partial charge in [0.1, 0.15) is 5.75 Å². The van der Waals surface area contributed by atoms with Crippen LogP contribution in [0.25, 0.3) is 0 Å². The third kappa shape index (κ3) is 5.26. The average molecular weight is 410 g/mol. The molecule has 0 saturated heterocycles. The highest BCUT2D eigenvalue weighted by atomic mass is 32.2. The van der Waals surface area contributed by atoms with Gasteiger partial charge < -0.3 is 15.0 Å². The van der Waals surface area contributed by atoms with Crippen molar-refractivity contribution in [3.8, 4) is 5.75 Å². The minimum atomic E-state index is -0.456. The molecule has 6 nitrogen and oxygen atoms in total. The van der Waals surface area contributed by atoms with Crippen LogP contribution in [0.15, 0.2) is 64.5 Å². The summed E-state index contributed by atoms with van der Waals surface area (Å²) in [6.07, 6.45) is 0.518. The number of benzene rings is 2. The molecule has 1 unspecified atom stereocenters. The fraction of sp³-hybridized carbons (Fsp3) is 0.227. The quantitative estimate of drug-likeness (QED) is 0.458. The van der Waals surface area contributed by atoms with E-state index < -0.39 is 5.25 Å². The molecule has 2 N–H and O–H groups in total. The fourth-order valence-electron chi connectivity index (χ4n) is 2.85. The largest absolute Gasteiger partial charge is 0.495 e. The molecule has 0 aliphatic carbocycles. The second-order valence-electron chi connectivity index (χ2n) is 6.55. The molecular weight excluding hydrogens is 386 g/mol. The van der Waals surface area contributed by atoms with Crippen molar-refractivity contribution in [2.24, 2.45) is 0 Å². The lowest BCUT2D eigenvalue weighted by Crippen LogP contribution is -2.24. The molecule has 0 spiro atoms. The molecule has 0 fully saturated rings. The number of nitrogens with zero attached hydrogens (tertiary/aromatic N) is 1. The van der Waals surface area contributed by atoms with Crippen LogP contribution in [0.2, 0.25) is 0 Å². The lowest BCUT2D eigenvalue weighted by molar-refractivity contribution is -0.115. The molecule has 0 aliphatic rings. The Balaban J connectivity index is 1.71. The summed E-state index contributed by atoms with van der Waals surface area (Å²) in [5.74, 6) is 0.388. The fourth-order valence-corrected chi connectivity index (χ4v) is 3.69. The van der Waals surface area contributed by atoms with Crippen molar-refractivity contribution in [1.82, 2.24) is 9.97 Å². The summed E-state index contributed by atoms with van der Waals surface area (Å²) in [5, 5.41) is 2.82. The van der Waals surface area contributed by atoms with Crippen LogP contribution in [0.3, 0.4) is 0 Å². The zero-order valence-corrected chi connectivity index (χ0v) is 17.4. The van der Waals surface area contributed by atoms with Crippen LogP contribution in [-0.2, 0) is 11.2 Å². The number of aromatic amines is 1. The summed E-state index contributed by atoms with van der Waals surface area (Å²) >= 11 is 1.21. The molecule has 0 saturated carbocycles. The maximum atomic E-state index is 12.6. The Kier molecular flexibility index (Phi) is 6.72. The van der Waals surface area contributed by atoms with E-state index in [0.29, 0.717) is 34.3 Å². The van der Waals surface area contributed by atoms with Gasteiger partial charge in [-0.3, -0.25) is 9.59 Å². The zero-order valence-electron chi connectivity index (χ0n) is 16.6. The Morgan fingerprint density at radius 3 is 2.55 bits per heavy atom. The molecule has 29 heavy (non-hydrogen) atoms. The van der Waals surface area contributed by atoms with Crippen molar-refractivity contribution in [3.63, 3.8) is 0 Å². The SMILES string of the molecule is COc1ccccc1NC(=O)C(C)Sc1nc(C)c(Cc2ccccc2)c(=O)[nH]1. The number of methoxy groups -OCH3 is 1. The van der Waals surface area contributed by atoms with E-state index in [1.807, 2.05) is 49.4 Å². The number of amides is 1. The zero-order chi connectivity index (χ0) is 20.8. The number of hydrogen-bond acceptors (Lipinski definition) is 5. The van der Waals surface area contributed by atoms with Gasteiger partial charge in [-0.05, 0) is 31.5 Å². The molecule has 3 aromatic rings. The standard InChI is InChI=1S/C22H23N3O3S/c1-14-17(13-16-9-5-4-6-10-16)21(27)25-22(23-14)29-15(2)20(26)24-18-11-7-8-12-19(18)28-3/h4-12,15H,13H2,1-3H3,(H,24,26)(H,23,25,27). The minimum Gasteiger partial charge on any atom is -0.495 e. The molecule has 1 atom stereocenters. The number of carbonyl (C=O) groups is 1. The van der Waals surface area contributed by atoms with Crippen molar-refractivity contribution in [2.45, 2.75) is 30.7 Å².